The molecule has 80 valence electrons. The maximum Gasteiger partial charge on any atom is 0.0730 e. The van der Waals surface area contributed by atoms with Gasteiger partial charge in [0.25, 0.3) is 0 Å². The summed E-state index contributed by atoms with van der Waals surface area (Å²) in [6.45, 7) is 1.93. The molecule has 1 heterocycles. The molecule has 0 aliphatic heterocycles. The van der Waals surface area contributed by atoms with Crippen molar-refractivity contribution in [2.75, 3.05) is 0 Å². The van der Waals surface area contributed by atoms with Crippen molar-refractivity contribution in [1.82, 2.24) is 4.98 Å². The minimum Gasteiger partial charge on any atom is -0.391 e. The van der Waals surface area contributed by atoms with Gasteiger partial charge in [-0.25, -0.2) is 0 Å². The molecule has 0 bridgehead atoms. The fourth-order valence-electron chi connectivity index (χ4n) is 1.76. The van der Waals surface area contributed by atoms with E-state index in [-0.39, 0.29) is 6.04 Å². The molecule has 0 radical (unpaired) electrons. The van der Waals surface area contributed by atoms with Crippen LogP contribution in [0.2, 0.25) is 0 Å². The fraction of sp³-hybridized carbons (Fsp3) is 0.333. The predicted octanol–water partition coefficient (Wildman–Crippen LogP) is 1.94. The second-order valence-corrected chi connectivity index (χ2v) is 3.83. The smallest absolute Gasteiger partial charge is 0.0730 e. The Kier molecular flexibility index (Phi) is 2.75. The van der Waals surface area contributed by atoms with Crippen molar-refractivity contribution in [3.8, 4) is 0 Å². The molecule has 2 rings (SSSR count). The number of aromatic nitrogens is 1. The van der Waals surface area contributed by atoms with Gasteiger partial charge in [-0.05, 0) is 35.6 Å². The molecule has 0 fully saturated rings. The standard InChI is InChI=1S/C12H16N2O/c1-2-11(15)12(13)9-3-4-10-8(7-9)5-6-14-10/h3-7,11-12,14-15H,2,13H2,1H3/t11-,12+/m0/s1. The number of hydrogen-bond donors (Lipinski definition) is 3. The van der Waals surface area contributed by atoms with Gasteiger partial charge in [0.15, 0.2) is 0 Å². The van der Waals surface area contributed by atoms with E-state index >= 15 is 0 Å². The van der Waals surface area contributed by atoms with Gasteiger partial charge in [-0.2, -0.15) is 0 Å². The van der Waals surface area contributed by atoms with E-state index in [1.54, 1.807) is 0 Å². The zero-order valence-electron chi connectivity index (χ0n) is 8.77. The van der Waals surface area contributed by atoms with Crippen molar-refractivity contribution >= 4 is 10.9 Å². The first-order chi connectivity index (χ1) is 7.22. The summed E-state index contributed by atoms with van der Waals surface area (Å²) >= 11 is 0. The molecule has 0 unspecified atom stereocenters. The van der Waals surface area contributed by atoms with E-state index in [1.165, 1.54) is 0 Å². The highest BCUT2D eigenvalue weighted by Gasteiger charge is 2.14. The van der Waals surface area contributed by atoms with Crippen molar-refractivity contribution in [1.29, 1.82) is 0 Å². The van der Waals surface area contributed by atoms with Crippen LogP contribution in [0.15, 0.2) is 30.5 Å². The first-order valence-corrected chi connectivity index (χ1v) is 5.23. The Bertz CT molecular complexity index is 450. The quantitative estimate of drug-likeness (QED) is 0.715. The van der Waals surface area contributed by atoms with E-state index in [0.717, 1.165) is 16.5 Å². The number of benzene rings is 1. The SMILES string of the molecule is CC[C@H](O)[C@H](N)c1ccc2[nH]ccc2c1. The van der Waals surface area contributed by atoms with Gasteiger partial charge >= 0.3 is 0 Å². The van der Waals surface area contributed by atoms with Crippen molar-refractivity contribution in [3.63, 3.8) is 0 Å². The summed E-state index contributed by atoms with van der Waals surface area (Å²) in [6, 6.07) is 7.68. The molecule has 0 spiro atoms. The lowest BCUT2D eigenvalue weighted by Gasteiger charge is -2.17. The maximum atomic E-state index is 9.67. The molecule has 4 N–H and O–H groups in total. The van der Waals surface area contributed by atoms with E-state index in [2.05, 4.69) is 4.98 Å². The molecule has 0 amide bonds. The van der Waals surface area contributed by atoms with E-state index in [9.17, 15) is 5.11 Å². The molecule has 0 aliphatic rings. The number of aliphatic hydroxyl groups excluding tert-OH is 1. The average molecular weight is 204 g/mol. The van der Waals surface area contributed by atoms with Gasteiger partial charge in [0.2, 0.25) is 0 Å². The lowest BCUT2D eigenvalue weighted by atomic mass is 9.99. The molecule has 1 aromatic heterocycles. The topological polar surface area (TPSA) is 62.0 Å². The van der Waals surface area contributed by atoms with Gasteiger partial charge < -0.3 is 15.8 Å². The third-order valence-electron chi connectivity index (χ3n) is 2.80. The number of nitrogens with one attached hydrogen (secondary N) is 1. The minimum absolute atomic E-state index is 0.297. The Morgan fingerprint density at radius 3 is 2.93 bits per heavy atom. The predicted molar refractivity (Wildman–Crippen MR) is 61.5 cm³/mol. The lowest BCUT2D eigenvalue weighted by molar-refractivity contribution is 0.141. The van der Waals surface area contributed by atoms with Crippen LogP contribution in [0.3, 0.4) is 0 Å². The van der Waals surface area contributed by atoms with Crippen LogP contribution >= 0.6 is 0 Å². The van der Waals surface area contributed by atoms with Crippen molar-refractivity contribution in [2.24, 2.45) is 5.73 Å². The number of fused-ring (bicyclic) bond motifs is 1. The second-order valence-electron chi connectivity index (χ2n) is 3.83. The van der Waals surface area contributed by atoms with Gasteiger partial charge in [0.1, 0.15) is 0 Å². The zero-order chi connectivity index (χ0) is 10.8. The molecular formula is C12H16N2O. The third-order valence-corrected chi connectivity index (χ3v) is 2.80. The normalized spacial score (nSPS) is 15.4. The summed E-state index contributed by atoms with van der Waals surface area (Å²) in [5, 5.41) is 10.8. The number of hydrogen-bond acceptors (Lipinski definition) is 2. The van der Waals surface area contributed by atoms with E-state index in [0.29, 0.717) is 6.42 Å². The van der Waals surface area contributed by atoms with Crippen LogP contribution in [0.5, 0.6) is 0 Å². The number of aromatic amines is 1. The number of nitrogens with two attached hydrogens (primary N) is 1. The molecule has 0 saturated carbocycles. The highest BCUT2D eigenvalue weighted by atomic mass is 16.3. The van der Waals surface area contributed by atoms with Gasteiger partial charge in [-0.1, -0.05) is 13.0 Å². The number of H-pyrrole nitrogens is 1. The summed E-state index contributed by atoms with van der Waals surface area (Å²) in [5.41, 5.74) is 8.03. The molecule has 15 heavy (non-hydrogen) atoms. The zero-order valence-corrected chi connectivity index (χ0v) is 8.77. The van der Waals surface area contributed by atoms with Crippen molar-refractivity contribution in [2.45, 2.75) is 25.5 Å². The Morgan fingerprint density at radius 2 is 2.20 bits per heavy atom. The summed E-state index contributed by atoms with van der Waals surface area (Å²) in [4.78, 5) is 3.13. The molecule has 3 heteroatoms. The second kappa shape index (κ2) is 4.04. The Hall–Kier alpha value is -1.32. The molecule has 0 saturated heterocycles. The summed E-state index contributed by atoms with van der Waals surface area (Å²) in [7, 11) is 0. The Balaban J connectivity index is 2.35. The first kappa shape index (κ1) is 10.2. The molecular weight excluding hydrogens is 188 g/mol. The fourth-order valence-corrected chi connectivity index (χ4v) is 1.76. The number of rotatable bonds is 3. The van der Waals surface area contributed by atoms with E-state index < -0.39 is 6.10 Å². The van der Waals surface area contributed by atoms with Crippen LogP contribution in [0.1, 0.15) is 24.9 Å². The van der Waals surface area contributed by atoms with Gasteiger partial charge in [-0.3, -0.25) is 0 Å². The first-order valence-electron chi connectivity index (χ1n) is 5.23. The van der Waals surface area contributed by atoms with Crippen molar-refractivity contribution < 1.29 is 5.11 Å². The molecule has 1 aromatic carbocycles. The Labute approximate surface area is 88.9 Å². The average Bonchev–Trinajstić information content (AvgIpc) is 2.73. The molecule has 0 aliphatic carbocycles. The summed E-state index contributed by atoms with van der Waals surface area (Å²) in [5.74, 6) is 0. The largest absolute Gasteiger partial charge is 0.391 e. The lowest BCUT2D eigenvalue weighted by Crippen LogP contribution is -2.25. The Morgan fingerprint density at radius 1 is 1.40 bits per heavy atom. The van der Waals surface area contributed by atoms with Crippen LogP contribution < -0.4 is 5.73 Å². The summed E-state index contributed by atoms with van der Waals surface area (Å²) < 4.78 is 0. The maximum absolute atomic E-state index is 9.67. The number of aliphatic hydroxyl groups is 1. The van der Waals surface area contributed by atoms with Gasteiger partial charge in [-0.15, -0.1) is 0 Å². The summed E-state index contributed by atoms with van der Waals surface area (Å²) in [6.07, 6.45) is 2.10. The van der Waals surface area contributed by atoms with E-state index in [1.807, 2.05) is 37.4 Å². The van der Waals surface area contributed by atoms with Gasteiger partial charge in [0.05, 0.1) is 12.1 Å². The highest BCUT2D eigenvalue weighted by molar-refractivity contribution is 5.80. The van der Waals surface area contributed by atoms with Crippen LogP contribution in [-0.4, -0.2) is 16.2 Å². The van der Waals surface area contributed by atoms with Crippen LogP contribution in [0.25, 0.3) is 10.9 Å². The van der Waals surface area contributed by atoms with Crippen LogP contribution in [-0.2, 0) is 0 Å². The van der Waals surface area contributed by atoms with Crippen LogP contribution in [0, 0.1) is 0 Å². The molecule has 2 aromatic rings. The third kappa shape index (κ3) is 1.89. The van der Waals surface area contributed by atoms with Crippen LogP contribution in [0.4, 0.5) is 0 Å². The van der Waals surface area contributed by atoms with E-state index in [4.69, 9.17) is 5.73 Å². The molecule has 2 atom stereocenters. The monoisotopic (exact) mass is 204 g/mol. The van der Waals surface area contributed by atoms with Crippen molar-refractivity contribution in [3.05, 3.63) is 36.0 Å². The minimum atomic E-state index is -0.471. The molecule has 3 nitrogen and oxygen atoms in total. The van der Waals surface area contributed by atoms with Gasteiger partial charge in [0, 0.05) is 11.7 Å². The highest BCUT2D eigenvalue weighted by Crippen LogP contribution is 2.21.